The van der Waals surface area contributed by atoms with Crippen molar-refractivity contribution in [1.29, 1.82) is 0 Å². The molecule has 0 fully saturated rings. The SMILES string of the molecule is COC(=O)c1ccc(C(=O)Nc2nc(-c3cc4cccc(OC)c4o3)cs2)cc1. The number of hydrogen-bond donors (Lipinski definition) is 1. The zero-order valence-electron chi connectivity index (χ0n) is 15.6. The molecule has 4 aromatic rings. The van der Waals surface area contributed by atoms with Gasteiger partial charge in [-0.1, -0.05) is 12.1 Å². The fraction of sp³-hybridized carbons (Fsp3) is 0.0952. The second-order valence-corrected chi connectivity index (χ2v) is 6.91. The molecule has 2 heterocycles. The van der Waals surface area contributed by atoms with Crippen LogP contribution in [0.5, 0.6) is 5.75 Å². The Kier molecular flexibility index (Phi) is 5.01. The van der Waals surface area contributed by atoms with E-state index in [2.05, 4.69) is 15.0 Å². The maximum atomic E-state index is 12.4. The molecule has 0 bridgehead atoms. The van der Waals surface area contributed by atoms with Crippen molar-refractivity contribution in [2.75, 3.05) is 19.5 Å². The third-order valence-electron chi connectivity index (χ3n) is 4.27. The Labute approximate surface area is 169 Å². The number of furan rings is 1. The van der Waals surface area contributed by atoms with Crippen LogP contribution < -0.4 is 10.1 Å². The summed E-state index contributed by atoms with van der Waals surface area (Å²) in [7, 11) is 2.90. The van der Waals surface area contributed by atoms with Gasteiger partial charge in [0.25, 0.3) is 5.91 Å². The first-order valence-corrected chi connectivity index (χ1v) is 9.49. The van der Waals surface area contributed by atoms with E-state index in [1.807, 2.05) is 24.3 Å². The predicted octanol–water partition coefficient (Wildman–Crippen LogP) is 4.60. The number of amides is 1. The highest BCUT2D eigenvalue weighted by molar-refractivity contribution is 7.14. The van der Waals surface area contributed by atoms with Crippen molar-refractivity contribution in [2.45, 2.75) is 0 Å². The van der Waals surface area contributed by atoms with Crippen molar-refractivity contribution in [1.82, 2.24) is 4.98 Å². The van der Waals surface area contributed by atoms with E-state index in [0.717, 1.165) is 5.39 Å². The number of carbonyl (C=O) groups excluding carboxylic acids is 2. The number of benzene rings is 2. The van der Waals surface area contributed by atoms with Crippen LogP contribution >= 0.6 is 11.3 Å². The molecule has 0 aliphatic heterocycles. The van der Waals surface area contributed by atoms with Crippen LogP contribution in [0.15, 0.2) is 58.3 Å². The van der Waals surface area contributed by atoms with Gasteiger partial charge in [0.1, 0.15) is 5.69 Å². The van der Waals surface area contributed by atoms with E-state index in [1.165, 1.54) is 30.6 Å². The van der Waals surface area contributed by atoms with Gasteiger partial charge in [-0.2, -0.15) is 0 Å². The lowest BCUT2D eigenvalue weighted by Crippen LogP contribution is -2.12. The summed E-state index contributed by atoms with van der Waals surface area (Å²) in [5, 5.41) is 5.90. The Bertz CT molecular complexity index is 1190. The summed E-state index contributed by atoms with van der Waals surface area (Å²) >= 11 is 1.29. The minimum atomic E-state index is -0.455. The summed E-state index contributed by atoms with van der Waals surface area (Å²) in [6.07, 6.45) is 0. The van der Waals surface area contributed by atoms with Gasteiger partial charge >= 0.3 is 5.97 Å². The summed E-state index contributed by atoms with van der Waals surface area (Å²) < 4.78 is 15.9. The van der Waals surface area contributed by atoms with Gasteiger partial charge in [-0.25, -0.2) is 9.78 Å². The monoisotopic (exact) mass is 408 g/mol. The average Bonchev–Trinajstić information content (AvgIpc) is 3.39. The van der Waals surface area contributed by atoms with E-state index in [9.17, 15) is 9.59 Å². The van der Waals surface area contributed by atoms with Gasteiger partial charge in [-0.3, -0.25) is 10.1 Å². The zero-order valence-corrected chi connectivity index (χ0v) is 16.4. The van der Waals surface area contributed by atoms with Crippen molar-refractivity contribution in [3.05, 3.63) is 65.0 Å². The molecule has 29 heavy (non-hydrogen) atoms. The number of ether oxygens (including phenoxy) is 2. The number of rotatable bonds is 5. The van der Waals surface area contributed by atoms with Crippen LogP contribution in [0.3, 0.4) is 0 Å². The van der Waals surface area contributed by atoms with Gasteiger partial charge in [0.05, 0.1) is 19.8 Å². The zero-order chi connectivity index (χ0) is 20.4. The van der Waals surface area contributed by atoms with Gasteiger partial charge in [0.2, 0.25) is 0 Å². The van der Waals surface area contributed by atoms with Gasteiger partial charge < -0.3 is 13.9 Å². The summed E-state index contributed by atoms with van der Waals surface area (Å²) in [6.45, 7) is 0. The van der Waals surface area contributed by atoms with E-state index in [1.54, 1.807) is 24.6 Å². The van der Waals surface area contributed by atoms with Crippen LogP contribution in [0.25, 0.3) is 22.4 Å². The number of thiazole rings is 1. The highest BCUT2D eigenvalue weighted by Crippen LogP contribution is 2.34. The first kappa shape index (κ1) is 18.7. The van der Waals surface area contributed by atoms with Crippen molar-refractivity contribution in [3.63, 3.8) is 0 Å². The summed E-state index contributed by atoms with van der Waals surface area (Å²) in [5.41, 5.74) is 2.04. The Morgan fingerprint density at radius 1 is 1.07 bits per heavy atom. The van der Waals surface area contributed by atoms with Crippen LogP contribution in [0.4, 0.5) is 5.13 Å². The second-order valence-electron chi connectivity index (χ2n) is 6.05. The number of esters is 1. The van der Waals surface area contributed by atoms with E-state index in [-0.39, 0.29) is 5.91 Å². The number of para-hydroxylation sites is 1. The minimum absolute atomic E-state index is 0.325. The number of nitrogens with zero attached hydrogens (tertiary/aromatic N) is 1. The fourth-order valence-electron chi connectivity index (χ4n) is 2.81. The number of methoxy groups -OCH3 is 2. The number of anilines is 1. The number of hydrogen-bond acceptors (Lipinski definition) is 7. The first-order valence-electron chi connectivity index (χ1n) is 8.61. The number of nitrogens with one attached hydrogen (secondary N) is 1. The molecule has 0 saturated heterocycles. The lowest BCUT2D eigenvalue weighted by atomic mass is 10.1. The second kappa shape index (κ2) is 7.76. The molecule has 0 radical (unpaired) electrons. The van der Waals surface area contributed by atoms with Crippen LogP contribution in [0.2, 0.25) is 0 Å². The molecule has 1 N–H and O–H groups in total. The average molecular weight is 408 g/mol. The standard InChI is InChI=1S/C21H16N2O5S/c1-26-16-5-3-4-14-10-17(28-18(14)16)15-11-29-21(22-15)23-19(24)12-6-8-13(9-7-12)20(25)27-2/h3-11H,1-2H3,(H,22,23,24). The fourth-order valence-corrected chi connectivity index (χ4v) is 3.51. The van der Waals surface area contributed by atoms with E-state index in [0.29, 0.717) is 39.0 Å². The van der Waals surface area contributed by atoms with Crippen LogP contribution in [0, 0.1) is 0 Å². The lowest BCUT2D eigenvalue weighted by Gasteiger charge is -2.03. The van der Waals surface area contributed by atoms with Crippen LogP contribution in [-0.2, 0) is 4.74 Å². The largest absolute Gasteiger partial charge is 0.493 e. The topological polar surface area (TPSA) is 90.7 Å². The van der Waals surface area contributed by atoms with Crippen molar-refractivity contribution in [2.24, 2.45) is 0 Å². The third-order valence-corrected chi connectivity index (χ3v) is 5.03. The number of carbonyl (C=O) groups is 2. The molecule has 146 valence electrons. The van der Waals surface area contributed by atoms with Gasteiger partial charge in [-0.05, 0) is 36.4 Å². The lowest BCUT2D eigenvalue weighted by molar-refractivity contribution is 0.0600. The molecular formula is C21H16N2O5S. The number of fused-ring (bicyclic) bond motifs is 1. The molecule has 0 saturated carbocycles. The van der Waals surface area contributed by atoms with E-state index in [4.69, 9.17) is 9.15 Å². The molecule has 0 atom stereocenters. The summed E-state index contributed by atoms with van der Waals surface area (Å²) in [6, 6.07) is 13.7. The van der Waals surface area contributed by atoms with E-state index >= 15 is 0 Å². The minimum Gasteiger partial charge on any atom is -0.493 e. The first-order chi connectivity index (χ1) is 14.1. The Morgan fingerprint density at radius 3 is 2.55 bits per heavy atom. The van der Waals surface area contributed by atoms with Crippen molar-refractivity contribution in [3.8, 4) is 17.2 Å². The molecule has 0 unspecified atom stereocenters. The molecule has 0 aliphatic carbocycles. The third kappa shape index (κ3) is 3.70. The van der Waals surface area contributed by atoms with Crippen LogP contribution in [-0.4, -0.2) is 31.1 Å². The Balaban J connectivity index is 1.52. The molecule has 0 spiro atoms. The van der Waals surface area contributed by atoms with Gasteiger partial charge in [0, 0.05) is 16.3 Å². The van der Waals surface area contributed by atoms with Crippen LogP contribution in [0.1, 0.15) is 20.7 Å². The molecule has 2 aromatic heterocycles. The molecule has 1 amide bonds. The molecule has 7 nitrogen and oxygen atoms in total. The molecule has 4 rings (SSSR count). The summed E-state index contributed by atoms with van der Waals surface area (Å²) in [5.74, 6) is 0.453. The maximum Gasteiger partial charge on any atom is 0.337 e. The Morgan fingerprint density at radius 2 is 1.83 bits per heavy atom. The highest BCUT2D eigenvalue weighted by Gasteiger charge is 2.15. The van der Waals surface area contributed by atoms with Gasteiger partial charge in [-0.15, -0.1) is 11.3 Å². The normalized spacial score (nSPS) is 10.7. The predicted molar refractivity (Wildman–Crippen MR) is 110 cm³/mol. The molecule has 2 aromatic carbocycles. The highest BCUT2D eigenvalue weighted by atomic mass is 32.1. The van der Waals surface area contributed by atoms with Crippen molar-refractivity contribution < 1.29 is 23.5 Å². The molecule has 0 aliphatic rings. The molecule has 8 heteroatoms. The maximum absolute atomic E-state index is 12.4. The quantitative estimate of drug-likeness (QED) is 0.485. The smallest absolute Gasteiger partial charge is 0.337 e. The van der Waals surface area contributed by atoms with E-state index < -0.39 is 5.97 Å². The molecular weight excluding hydrogens is 392 g/mol. The van der Waals surface area contributed by atoms with Gasteiger partial charge in [0.15, 0.2) is 22.2 Å². The van der Waals surface area contributed by atoms with Crippen molar-refractivity contribution >= 4 is 39.3 Å². The number of aromatic nitrogens is 1. The Hall–Kier alpha value is -3.65. The summed E-state index contributed by atoms with van der Waals surface area (Å²) in [4.78, 5) is 28.3.